The Bertz CT molecular complexity index is 795. The Morgan fingerprint density at radius 1 is 1.14 bits per heavy atom. The quantitative estimate of drug-likeness (QED) is 0.780. The Morgan fingerprint density at radius 2 is 2.00 bits per heavy atom. The van der Waals surface area contributed by atoms with Gasteiger partial charge in [-0.15, -0.1) is 0 Å². The summed E-state index contributed by atoms with van der Waals surface area (Å²) in [5, 5.41) is 9.72. The number of fused-ring (bicyclic) bond motifs is 2. The normalized spacial score (nSPS) is 15.2. The first kappa shape index (κ1) is 13.0. The fraction of sp³-hybridized carbons (Fsp3) is 0.167. The average molecular weight is 293 g/mol. The van der Waals surface area contributed by atoms with E-state index in [-0.39, 0.29) is 0 Å². The number of anilines is 1. The maximum atomic E-state index is 11.9. The highest BCUT2D eigenvalue weighted by Crippen LogP contribution is 2.41. The molecule has 0 unspecified atom stereocenters. The van der Waals surface area contributed by atoms with Gasteiger partial charge in [0, 0.05) is 24.7 Å². The lowest BCUT2D eigenvalue weighted by Gasteiger charge is -2.25. The van der Waals surface area contributed by atoms with E-state index in [0.29, 0.717) is 17.7 Å². The molecule has 0 bridgehead atoms. The first-order valence-corrected chi connectivity index (χ1v) is 7.32. The molecule has 0 fully saturated rings. The lowest BCUT2D eigenvalue weighted by molar-refractivity contribution is 0.0696. The number of benzene rings is 2. The highest BCUT2D eigenvalue weighted by molar-refractivity contribution is 5.98. The van der Waals surface area contributed by atoms with Crippen molar-refractivity contribution in [1.82, 2.24) is 0 Å². The van der Waals surface area contributed by atoms with Crippen molar-refractivity contribution in [2.24, 2.45) is 0 Å². The second-order valence-electron chi connectivity index (χ2n) is 5.49. The Morgan fingerprint density at radius 3 is 2.77 bits per heavy atom. The minimum Gasteiger partial charge on any atom is -0.478 e. The predicted molar refractivity (Wildman–Crippen MR) is 83.8 cm³/mol. The Kier molecular flexibility index (Phi) is 2.89. The third-order valence-electron chi connectivity index (χ3n) is 4.15. The summed E-state index contributed by atoms with van der Waals surface area (Å²) in [4.78, 5) is 13.8. The van der Waals surface area contributed by atoms with Crippen LogP contribution in [0.15, 0.2) is 48.7 Å². The minimum absolute atomic E-state index is 0.346. The van der Waals surface area contributed by atoms with Crippen LogP contribution in [0.25, 0.3) is 0 Å². The molecule has 0 atom stereocenters. The first-order valence-electron chi connectivity index (χ1n) is 7.32. The van der Waals surface area contributed by atoms with E-state index in [0.717, 1.165) is 35.5 Å². The molecular weight excluding hydrogens is 278 g/mol. The number of ether oxygens (including phenoxy) is 1. The maximum absolute atomic E-state index is 11.9. The zero-order valence-corrected chi connectivity index (χ0v) is 12.0. The van der Waals surface area contributed by atoms with Gasteiger partial charge in [-0.25, -0.2) is 4.79 Å². The first-order chi connectivity index (χ1) is 10.7. The van der Waals surface area contributed by atoms with Crippen LogP contribution in [-0.4, -0.2) is 17.6 Å². The van der Waals surface area contributed by atoms with Crippen LogP contribution in [0.5, 0.6) is 11.5 Å². The molecule has 0 radical (unpaired) electrons. The minimum atomic E-state index is -0.907. The van der Waals surface area contributed by atoms with Gasteiger partial charge in [-0.2, -0.15) is 0 Å². The smallest absolute Gasteiger partial charge is 0.338 e. The summed E-state index contributed by atoms with van der Waals surface area (Å²) in [6.07, 6.45) is 5.52. The molecule has 0 saturated heterocycles. The van der Waals surface area contributed by atoms with Crippen molar-refractivity contribution in [2.45, 2.75) is 12.8 Å². The van der Waals surface area contributed by atoms with Gasteiger partial charge in [0.05, 0.1) is 11.3 Å². The summed E-state index contributed by atoms with van der Waals surface area (Å²) >= 11 is 0. The van der Waals surface area contributed by atoms with Gasteiger partial charge >= 0.3 is 5.97 Å². The topological polar surface area (TPSA) is 49.8 Å². The number of carbonyl (C=O) groups is 1. The summed E-state index contributed by atoms with van der Waals surface area (Å²) in [7, 11) is 0. The number of aromatic carboxylic acids is 1. The molecular formula is C18H15NO3. The highest BCUT2D eigenvalue weighted by Gasteiger charge is 2.27. The largest absolute Gasteiger partial charge is 0.478 e. The van der Waals surface area contributed by atoms with Gasteiger partial charge in [-0.05, 0) is 30.2 Å². The number of para-hydroxylation sites is 1. The van der Waals surface area contributed by atoms with E-state index in [1.165, 1.54) is 0 Å². The summed E-state index contributed by atoms with van der Waals surface area (Å²) in [5.41, 5.74) is 2.86. The monoisotopic (exact) mass is 293 g/mol. The third-order valence-corrected chi connectivity index (χ3v) is 4.15. The second kappa shape index (κ2) is 4.91. The Labute approximate surface area is 128 Å². The molecule has 2 aliphatic heterocycles. The molecule has 2 heterocycles. The standard InChI is InChI=1S/C18H15NO3/c20-18(21)17-13-11-12-5-1-2-6-15(12)22-16(13)8-7-14(17)19-9-3-4-10-19/h1-3,5-9H,4,10-11H2,(H,20,21). The van der Waals surface area contributed by atoms with Gasteiger partial charge in [-0.1, -0.05) is 24.3 Å². The van der Waals surface area contributed by atoms with Crippen LogP contribution in [0.2, 0.25) is 0 Å². The average Bonchev–Trinajstić information content (AvgIpc) is 3.05. The molecule has 2 aromatic carbocycles. The van der Waals surface area contributed by atoms with Gasteiger partial charge < -0.3 is 14.7 Å². The molecule has 0 aromatic heterocycles. The molecule has 0 saturated carbocycles. The van der Waals surface area contributed by atoms with E-state index in [1.54, 1.807) is 0 Å². The summed E-state index contributed by atoms with van der Waals surface area (Å²) in [6, 6.07) is 11.5. The van der Waals surface area contributed by atoms with Crippen LogP contribution < -0.4 is 9.64 Å². The molecule has 0 spiro atoms. The van der Waals surface area contributed by atoms with Crippen molar-refractivity contribution in [2.75, 3.05) is 11.4 Å². The third kappa shape index (κ3) is 1.96. The van der Waals surface area contributed by atoms with Crippen molar-refractivity contribution in [3.63, 3.8) is 0 Å². The summed E-state index contributed by atoms with van der Waals surface area (Å²) in [6.45, 7) is 0.816. The lowest BCUT2D eigenvalue weighted by atomic mass is 9.94. The van der Waals surface area contributed by atoms with Crippen LogP contribution >= 0.6 is 0 Å². The van der Waals surface area contributed by atoms with Crippen molar-refractivity contribution < 1.29 is 14.6 Å². The second-order valence-corrected chi connectivity index (χ2v) is 5.49. The molecule has 0 amide bonds. The van der Waals surface area contributed by atoms with E-state index in [1.807, 2.05) is 47.5 Å². The van der Waals surface area contributed by atoms with E-state index in [9.17, 15) is 9.90 Å². The van der Waals surface area contributed by atoms with E-state index in [4.69, 9.17) is 4.74 Å². The molecule has 110 valence electrons. The van der Waals surface area contributed by atoms with Crippen LogP contribution in [0.3, 0.4) is 0 Å². The molecule has 2 aliphatic rings. The number of carboxylic acid groups (broad SMARTS) is 1. The van der Waals surface area contributed by atoms with Gasteiger partial charge in [-0.3, -0.25) is 0 Å². The number of rotatable bonds is 2. The van der Waals surface area contributed by atoms with Gasteiger partial charge in [0.25, 0.3) is 0 Å². The molecule has 1 N–H and O–H groups in total. The van der Waals surface area contributed by atoms with Crippen molar-refractivity contribution in [3.05, 3.63) is 65.4 Å². The van der Waals surface area contributed by atoms with Gasteiger partial charge in [0.1, 0.15) is 11.5 Å². The van der Waals surface area contributed by atoms with Crippen LogP contribution in [-0.2, 0) is 6.42 Å². The van der Waals surface area contributed by atoms with Crippen LogP contribution in [0.1, 0.15) is 27.9 Å². The predicted octanol–water partition coefficient (Wildman–Crippen LogP) is 3.81. The number of hydrogen-bond donors (Lipinski definition) is 1. The Hall–Kier alpha value is -2.75. The number of carboxylic acids is 1. The summed E-state index contributed by atoms with van der Waals surface area (Å²) < 4.78 is 5.89. The molecule has 4 nitrogen and oxygen atoms in total. The fourth-order valence-electron chi connectivity index (χ4n) is 3.11. The SMILES string of the molecule is O=C(O)c1c(N2C=CCC2)ccc2c1Cc1ccccc1O2. The Balaban J connectivity index is 1.86. The molecule has 0 aliphatic carbocycles. The maximum Gasteiger partial charge on any atom is 0.338 e. The van der Waals surface area contributed by atoms with Crippen molar-refractivity contribution in [1.29, 1.82) is 0 Å². The van der Waals surface area contributed by atoms with Gasteiger partial charge in [0.2, 0.25) is 0 Å². The zero-order chi connectivity index (χ0) is 15.1. The fourth-order valence-corrected chi connectivity index (χ4v) is 3.11. The van der Waals surface area contributed by atoms with Crippen molar-refractivity contribution >= 4 is 11.7 Å². The lowest BCUT2D eigenvalue weighted by Crippen LogP contribution is -2.19. The highest BCUT2D eigenvalue weighted by atomic mass is 16.5. The van der Waals surface area contributed by atoms with Crippen LogP contribution in [0, 0.1) is 0 Å². The molecule has 2 aromatic rings. The molecule has 4 heteroatoms. The number of nitrogens with zero attached hydrogens (tertiary/aromatic N) is 1. The van der Waals surface area contributed by atoms with E-state index in [2.05, 4.69) is 6.08 Å². The summed E-state index contributed by atoms with van der Waals surface area (Å²) in [5.74, 6) is 0.540. The zero-order valence-electron chi connectivity index (χ0n) is 12.0. The van der Waals surface area contributed by atoms with Crippen molar-refractivity contribution in [3.8, 4) is 11.5 Å². The van der Waals surface area contributed by atoms with Crippen LogP contribution in [0.4, 0.5) is 5.69 Å². The van der Waals surface area contributed by atoms with E-state index >= 15 is 0 Å². The van der Waals surface area contributed by atoms with E-state index < -0.39 is 5.97 Å². The van der Waals surface area contributed by atoms with Gasteiger partial charge in [0.15, 0.2) is 0 Å². The molecule has 22 heavy (non-hydrogen) atoms. The number of hydrogen-bond acceptors (Lipinski definition) is 3. The molecule has 4 rings (SSSR count).